The van der Waals surface area contributed by atoms with Gasteiger partial charge in [-0.15, -0.1) is 23.1 Å². The van der Waals surface area contributed by atoms with Crippen LogP contribution >= 0.6 is 23.1 Å². The minimum Gasteiger partial charge on any atom is -0.371 e. The molecule has 0 radical (unpaired) electrons. The highest BCUT2D eigenvalue weighted by Crippen LogP contribution is 2.46. The van der Waals surface area contributed by atoms with Crippen LogP contribution in [0.15, 0.2) is 5.38 Å². The Labute approximate surface area is 140 Å². The van der Waals surface area contributed by atoms with Crippen molar-refractivity contribution < 1.29 is 9.53 Å². The van der Waals surface area contributed by atoms with E-state index in [1.807, 2.05) is 32.8 Å². The van der Waals surface area contributed by atoms with Gasteiger partial charge in [0.15, 0.2) is 0 Å². The van der Waals surface area contributed by atoms with E-state index in [4.69, 9.17) is 4.74 Å². The van der Waals surface area contributed by atoms with E-state index in [9.17, 15) is 4.79 Å². The van der Waals surface area contributed by atoms with Crippen molar-refractivity contribution in [1.82, 2.24) is 14.8 Å². The number of hydrogen-bond donors (Lipinski definition) is 0. The molecular formula is C15H23N3O2S2. The molecule has 3 heterocycles. The molecule has 1 aromatic heterocycles. The predicted octanol–water partition coefficient (Wildman–Crippen LogP) is 1.62. The van der Waals surface area contributed by atoms with Crippen molar-refractivity contribution >= 4 is 29.0 Å². The number of rotatable bonds is 5. The van der Waals surface area contributed by atoms with Gasteiger partial charge in [0.25, 0.3) is 0 Å². The fourth-order valence-corrected chi connectivity index (χ4v) is 5.22. The lowest BCUT2D eigenvalue weighted by Crippen LogP contribution is -2.60. The Morgan fingerprint density at radius 2 is 2.32 bits per heavy atom. The Morgan fingerprint density at radius 1 is 1.55 bits per heavy atom. The molecule has 2 fully saturated rings. The van der Waals surface area contributed by atoms with E-state index in [2.05, 4.69) is 15.3 Å². The zero-order valence-corrected chi connectivity index (χ0v) is 15.0. The second-order valence-corrected chi connectivity index (χ2v) is 8.97. The number of aryl methyl sites for hydroxylation is 1. The van der Waals surface area contributed by atoms with E-state index in [0.717, 1.165) is 36.0 Å². The molecule has 2 aliphatic rings. The standard InChI is InChI=1S/C15H23N3O2S2/c1-11-16-12(7-21-11)6-20-13-4-15(22-8-13)9-18(10-15)5-14(19)17(2)3/h7,13H,4-6,8-10H2,1-3H3. The van der Waals surface area contributed by atoms with Crippen LogP contribution in [0, 0.1) is 6.92 Å². The number of carbonyl (C=O) groups excluding carboxylic acids is 1. The monoisotopic (exact) mass is 341 g/mol. The highest BCUT2D eigenvalue weighted by molar-refractivity contribution is 8.01. The van der Waals surface area contributed by atoms with Crippen molar-refractivity contribution in [3.05, 3.63) is 16.1 Å². The van der Waals surface area contributed by atoms with Gasteiger partial charge in [0.05, 0.1) is 30.0 Å². The minimum absolute atomic E-state index is 0.185. The van der Waals surface area contributed by atoms with Crippen LogP contribution < -0.4 is 0 Å². The van der Waals surface area contributed by atoms with E-state index >= 15 is 0 Å². The van der Waals surface area contributed by atoms with Gasteiger partial charge in [-0.3, -0.25) is 9.69 Å². The van der Waals surface area contributed by atoms with Crippen molar-refractivity contribution in [2.75, 3.05) is 39.5 Å². The van der Waals surface area contributed by atoms with E-state index < -0.39 is 0 Å². The van der Waals surface area contributed by atoms with Crippen LogP contribution in [0.4, 0.5) is 0 Å². The van der Waals surface area contributed by atoms with Crippen molar-refractivity contribution in [2.24, 2.45) is 0 Å². The highest BCUT2D eigenvalue weighted by Gasteiger charge is 2.49. The third kappa shape index (κ3) is 3.64. The minimum atomic E-state index is 0.185. The summed E-state index contributed by atoms with van der Waals surface area (Å²) in [6.07, 6.45) is 1.41. The van der Waals surface area contributed by atoms with Crippen LogP contribution in [-0.2, 0) is 16.1 Å². The first-order chi connectivity index (χ1) is 10.5. The average Bonchev–Trinajstić information content (AvgIpc) is 3.02. The maximum Gasteiger partial charge on any atom is 0.236 e. The first kappa shape index (κ1) is 16.2. The fraction of sp³-hybridized carbons (Fsp3) is 0.733. The number of hydrogen-bond acceptors (Lipinski definition) is 6. The lowest BCUT2D eigenvalue weighted by molar-refractivity contribution is -0.131. The van der Waals surface area contributed by atoms with Crippen molar-refractivity contribution in [2.45, 2.75) is 30.8 Å². The Balaban J connectivity index is 1.41. The summed E-state index contributed by atoms with van der Waals surface area (Å²) in [4.78, 5) is 20.1. The number of carbonyl (C=O) groups is 1. The molecule has 7 heteroatoms. The van der Waals surface area contributed by atoms with Gasteiger partial charge in [-0.25, -0.2) is 4.98 Å². The molecule has 0 N–H and O–H groups in total. The van der Waals surface area contributed by atoms with Crippen molar-refractivity contribution in [1.29, 1.82) is 0 Å². The molecule has 22 heavy (non-hydrogen) atoms. The number of amides is 1. The molecule has 0 aliphatic carbocycles. The van der Waals surface area contributed by atoms with Gasteiger partial charge < -0.3 is 9.64 Å². The average molecular weight is 342 g/mol. The molecule has 2 aliphatic heterocycles. The lowest BCUT2D eigenvalue weighted by Gasteiger charge is -2.47. The van der Waals surface area contributed by atoms with Crippen molar-refractivity contribution in [3.63, 3.8) is 0 Å². The van der Waals surface area contributed by atoms with E-state index in [1.54, 1.807) is 16.2 Å². The van der Waals surface area contributed by atoms with E-state index in [1.165, 1.54) is 0 Å². The van der Waals surface area contributed by atoms with Crippen LogP contribution in [0.5, 0.6) is 0 Å². The third-order valence-electron chi connectivity index (χ3n) is 4.19. The maximum atomic E-state index is 11.7. The van der Waals surface area contributed by atoms with Crippen LogP contribution in [-0.4, -0.2) is 71.0 Å². The number of nitrogens with zero attached hydrogens (tertiary/aromatic N) is 3. The molecule has 5 nitrogen and oxygen atoms in total. The van der Waals surface area contributed by atoms with Gasteiger partial charge in [-0.2, -0.15) is 0 Å². The summed E-state index contributed by atoms with van der Waals surface area (Å²) in [5, 5.41) is 3.17. The molecule has 1 atom stereocenters. The maximum absolute atomic E-state index is 11.7. The zero-order chi connectivity index (χ0) is 15.7. The Hall–Kier alpha value is -0.630. The quantitative estimate of drug-likeness (QED) is 0.814. The van der Waals surface area contributed by atoms with E-state index in [-0.39, 0.29) is 5.91 Å². The highest BCUT2D eigenvalue weighted by atomic mass is 32.2. The first-order valence-electron chi connectivity index (χ1n) is 7.55. The molecule has 0 saturated carbocycles. The fourth-order valence-electron chi connectivity index (χ4n) is 3.02. The number of aromatic nitrogens is 1. The van der Waals surface area contributed by atoms with Gasteiger partial charge in [-0.1, -0.05) is 0 Å². The van der Waals surface area contributed by atoms with Gasteiger partial charge in [0.1, 0.15) is 0 Å². The molecule has 1 amide bonds. The number of thiazole rings is 1. The Morgan fingerprint density at radius 3 is 2.95 bits per heavy atom. The smallest absolute Gasteiger partial charge is 0.236 e. The predicted molar refractivity (Wildman–Crippen MR) is 90.4 cm³/mol. The number of thioether (sulfide) groups is 1. The Kier molecular flexibility index (Phi) is 4.77. The lowest BCUT2D eigenvalue weighted by atomic mass is 9.93. The molecule has 2 saturated heterocycles. The van der Waals surface area contributed by atoms with Crippen LogP contribution in [0.3, 0.4) is 0 Å². The summed E-state index contributed by atoms with van der Waals surface area (Å²) in [7, 11) is 3.62. The molecule has 122 valence electrons. The van der Waals surface area contributed by atoms with Gasteiger partial charge in [-0.05, 0) is 13.3 Å². The molecular weight excluding hydrogens is 318 g/mol. The van der Waals surface area contributed by atoms with Crippen LogP contribution in [0.25, 0.3) is 0 Å². The van der Waals surface area contributed by atoms with Gasteiger partial charge in [0.2, 0.25) is 5.91 Å². The summed E-state index contributed by atoms with van der Waals surface area (Å²) in [5.41, 5.74) is 1.04. The largest absolute Gasteiger partial charge is 0.371 e. The van der Waals surface area contributed by atoms with Crippen LogP contribution in [0.2, 0.25) is 0 Å². The Bertz CT molecular complexity index is 541. The van der Waals surface area contributed by atoms with Crippen molar-refractivity contribution in [3.8, 4) is 0 Å². The SMILES string of the molecule is Cc1nc(COC2CSC3(C2)CN(CC(=O)N(C)C)C3)cs1. The number of likely N-dealkylation sites (tertiary alicyclic amines) is 1. The molecule has 0 aromatic carbocycles. The van der Waals surface area contributed by atoms with Gasteiger partial charge >= 0.3 is 0 Å². The summed E-state index contributed by atoms with van der Waals surface area (Å²) >= 11 is 3.68. The second kappa shape index (κ2) is 6.47. The summed E-state index contributed by atoms with van der Waals surface area (Å²) < 4.78 is 6.33. The van der Waals surface area contributed by atoms with Gasteiger partial charge in [0, 0.05) is 43.1 Å². The summed E-state index contributed by atoms with van der Waals surface area (Å²) in [6.45, 7) is 5.19. The molecule has 1 unspecified atom stereocenters. The zero-order valence-electron chi connectivity index (χ0n) is 13.4. The summed E-state index contributed by atoms with van der Waals surface area (Å²) in [6, 6.07) is 0. The third-order valence-corrected chi connectivity index (χ3v) is 6.59. The normalized spacial score (nSPS) is 23.7. The summed E-state index contributed by atoms with van der Waals surface area (Å²) in [5.74, 6) is 1.24. The molecule has 1 aromatic rings. The van der Waals surface area contributed by atoms with Crippen LogP contribution in [0.1, 0.15) is 17.1 Å². The first-order valence-corrected chi connectivity index (χ1v) is 9.41. The topological polar surface area (TPSA) is 45.7 Å². The van der Waals surface area contributed by atoms with E-state index in [0.29, 0.717) is 24.0 Å². The molecule has 0 bridgehead atoms. The second-order valence-electron chi connectivity index (χ2n) is 6.42. The number of ether oxygens (including phenoxy) is 1. The number of likely N-dealkylation sites (N-methyl/N-ethyl adjacent to an activating group) is 1. The molecule has 3 rings (SSSR count). The molecule has 1 spiro atoms.